The number of carboxylic acid groups (broad SMARTS) is 1. The van der Waals surface area contributed by atoms with Gasteiger partial charge in [0.25, 0.3) is 0 Å². The highest BCUT2D eigenvalue weighted by molar-refractivity contribution is 5.81. The van der Waals surface area contributed by atoms with Gasteiger partial charge in [0.2, 0.25) is 0 Å². The smallest absolute Gasteiger partial charge is 0.328 e. The number of allylic oxidation sites excluding steroid dienone is 3. The second-order valence-corrected chi connectivity index (χ2v) is 2.30. The van der Waals surface area contributed by atoms with Gasteiger partial charge in [-0.25, -0.2) is 4.79 Å². The van der Waals surface area contributed by atoms with Crippen LogP contribution in [0, 0.1) is 0 Å². The molecule has 0 spiro atoms. The van der Waals surface area contributed by atoms with Crippen molar-refractivity contribution in [3.63, 3.8) is 0 Å². The molecule has 0 fully saturated rings. The maximum absolute atomic E-state index is 10.1. The first kappa shape index (κ1) is 7.72. The number of rotatable bonds is 2. The van der Waals surface area contributed by atoms with Crippen LogP contribution in [0.3, 0.4) is 0 Å². The number of carboxylic acids is 1. The van der Waals surface area contributed by atoms with Crippen LogP contribution in [0.5, 0.6) is 0 Å². The fraction of sp³-hybridized carbons (Fsp3) is 0.250. The summed E-state index contributed by atoms with van der Waals surface area (Å²) >= 11 is 0. The summed E-state index contributed by atoms with van der Waals surface area (Å²) in [4.78, 5) is 14.1. The average Bonchev–Trinajstić information content (AvgIpc) is 2.31. The number of hydrogen-bond acceptors (Lipinski definition) is 2. The SMILES string of the molecule is CC1=C(/C=C/C(=O)O)CC=N1. The molecule has 0 saturated carbocycles. The summed E-state index contributed by atoms with van der Waals surface area (Å²) in [5.74, 6) is -0.919. The van der Waals surface area contributed by atoms with E-state index < -0.39 is 5.97 Å². The van der Waals surface area contributed by atoms with Crippen molar-refractivity contribution >= 4 is 12.2 Å². The highest BCUT2D eigenvalue weighted by atomic mass is 16.4. The van der Waals surface area contributed by atoms with Crippen molar-refractivity contribution in [3.05, 3.63) is 23.4 Å². The molecule has 1 rings (SSSR count). The zero-order valence-electron chi connectivity index (χ0n) is 6.24. The second kappa shape index (κ2) is 3.14. The van der Waals surface area contributed by atoms with Crippen molar-refractivity contribution in [1.29, 1.82) is 0 Å². The van der Waals surface area contributed by atoms with Gasteiger partial charge in [0.15, 0.2) is 0 Å². The van der Waals surface area contributed by atoms with Gasteiger partial charge in [0.1, 0.15) is 0 Å². The zero-order chi connectivity index (χ0) is 8.27. The van der Waals surface area contributed by atoms with Crippen LogP contribution in [-0.4, -0.2) is 17.3 Å². The lowest BCUT2D eigenvalue weighted by atomic mass is 10.2. The predicted octanol–water partition coefficient (Wildman–Crippen LogP) is 1.38. The number of hydrogen-bond donors (Lipinski definition) is 1. The quantitative estimate of drug-likeness (QED) is 0.606. The molecule has 3 heteroatoms. The molecular weight excluding hydrogens is 142 g/mol. The maximum Gasteiger partial charge on any atom is 0.328 e. The molecule has 1 aliphatic rings. The highest BCUT2D eigenvalue weighted by Gasteiger charge is 2.02. The van der Waals surface area contributed by atoms with Crippen molar-refractivity contribution in [3.8, 4) is 0 Å². The molecule has 1 N–H and O–H groups in total. The predicted molar refractivity (Wildman–Crippen MR) is 42.6 cm³/mol. The van der Waals surface area contributed by atoms with E-state index in [1.807, 2.05) is 6.92 Å². The molecule has 1 heterocycles. The monoisotopic (exact) mass is 151 g/mol. The first-order chi connectivity index (χ1) is 5.20. The van der Waals surface area contributed by atoms with Gasteiger partial charge in [-0.1, -0.05) is 0 Å². The van der Waals surface area contributed by atoms with Gasteiger partial charge in [-0.3, -0.25) is 4.99 Å². The van der Waals surface area contributed by atoms with Crippen LogP contribution in [-0.2, 0) is 4.79 Å². The lowest BCUT2D eigenvalue weighted by Gasteiger charge is -1.90. The molecule has 11 heavy (non-hydrogen) atoms. The van der Waals surface area contributed by atoms with Gasteiger partial charge < -0.3 is 5.11 Å². The van der Waals surface area contributed by atoms with Crippen molar-refractivity contribution < 1.29 is 9.90 Å². The first-order valence-electron chi connectivity index (χ1n) is 3.33. The normalized spacial score (nSPS) is 16.8. The topological polar surface area (TPSA) is 49.7 Å². The van der Waals surface area contributed by atoms with Crippen LogP contribution >= 0.6 is 0 Å². The van der Waals surface area contributed by atoms with E-state index in [0.29, 0.717) is 0 Å². The Bertz CT molecular complexity index is 261. The van der Waals surface area contributed by atoms with Gasteiger partial charge in [-0.05, 0) is 18.6 Å². The summed E-state index contributed by atoms with van der Waals surface area (Å²) in [6.45, 7) is 1.87. The molecule has 0 aromatic heterocycles. The standard InChI is InChI=1S/C8H9NO2/c1-6-7(4-5-9-6)2-3-8(10)11/h2-3,5H,4H2,1H3,(H,10,11)/b3-2+. The summed E-state index contributed by atoms with van der Waals surface area (Å²) < 4.78 is 0. The van der Waals surface area contributed by atoms with Crippen LogP contribution in [0.4, 0.5) is 0 Å². The van der Waals surface area contributed by atoms with Crippen LogP contribution < -0.4 is 0 Å². The Kier molecular flexibility index (Phi) is 2.21. The van der Waals surface area contributed by atoms with E-state index in [1.54, 1.807) is 12.3 Å². The molecule has 0 amide bonds. The number of carbonyl (C=O) groups is 1. The van der Waals surface area contributed by atoms with Crippen molar-refractivity contribution in [2.24, 2.45) is 4.99 Å². The molecule has 1 aliphatic heterocycles. The molecule has 3 nitrogen and oxygen atoms in total. The Morgan fingerprint density at radius 1 is 1.82 bits per heavy atom. The van der Waals surface area contributed by atoms with E-state index >= 15 is 0 Å². The lowest BCUT2D eigenvalue weighted by molar-refractivity contribution is -0.131. The molecule has 58 valence electrons. The van der Waals surface area contributed by atoms with E-state index in [0.717, 1.165) is 23.8 Å². The van der Waals surface area contributed by atoms with Gasteiger partial charge >= 0.3 is 5.97 Å². The van der Waals surface area contributed by atoms with Crippen molar-refractivity contribution in [2.45, 2.75) is 13.3 Å². The minimum absolute atomic E-state index is 0.746. The Hall–Kier alpha value is -1.38. The van der Waals surface area contributed by atoms with Gasteiger partial charge in [0, 0.05) is 24.4 Å². The van der Waals surface area contributed by atoms with E-state index in [-0.39, 0.29) is 0 Å². The Labute approximate surface area is 64.8 Å². The molecule has 0 aromatic rings. The zero-order valence-corrected chi connectivity index (χ0v) is 6.24. The molecule has 0 aromatic carbocycles. The molecule has 0 bridgehead atoms. The summed E-state index contributed by atoms with van der Waals surface area (Å²) in [6.07, 6.45) is 5.24. The second-order valence-electron chi connectivity index (χ2n) is 2.30. The Morgan fingerprint density at radius 3 is 3.00 bits per heavy atom. The van der Waals surface area contributed by atoms with Gasteiger partial charge in [-0.2, -0.15) is 0 Å². The van der Waals surface area contributed by atoms with Crippen LogP contribution in [0.2, 0.25) is 0 Å². The highest BCUT2D eigenvalue weighted by Crippen LogP contribution is 2.15. The summed E-state index contributed by atoms with van der Waals surface area (Å²) in [6, 6.07) is 0. The van der Waals surface area contributed by atoms with Crippen LogP contribution in [0.1, 0.15) is 13.3 Å². The maximum atomic E-state index is 10.1. The number of aliphatic imine (C=N–C) groups is 1. The number of aliphatic carboxylic acids is 1. The van der Waals surface area contributed by atoms with Crippen LogP contribution in [0.15, 0.2) is 28.4 Å². The van der Waals surface area contributed by atoms with E-state index in [1.165, 1.54) is 0 Å². The third kappa shape index (κ3) is 2.04. The van der Waals surface area contributed by atoms with Gasteiger partial charge in [-0.15, -0.1) is 0 Å². The van der Waals surface area contributed by atoms with E-state index in [4.69, 9.17) is 5.11 Å². The van der Waals surface area contributed by atoms with E-state index in [9.17, 15) is 4.79 Å². The van der Waals surface area contributed by atoms with Gasteiger partial charge in [0.05, 0.1) is 0 Å². The average molecular weight is 151 g/mol. The fourth-order valence-electron chi connectivity index (χ4n) is 0.872. The largest absolute Gasteiger partial charge is 0.478 e. The molecule has 0 atom stereocenters. The fourth-order valence-corrected chi connectivity index (χ4v) is 0.872. The summed E-state index contributed by atoms with van der Waals surface area (Å²) in [7, 11) is 0. The molecule has 0 saturated heterocycles. The number of nitrogens with zero attached hydrogens (tertiary/aromatic N) is 1. The Balaban J connectivity index is 2.65. The lowest BCUT2D eigenvalue weighted by Crippen LogP contribution is -1.87. The minimum atomic E-state index is -0.919. The third-order valence-electron chi connectivity index (χ3n) is 1.49. The first-order valence-corrected chi connectivity index (χ1v) is 3.33. The van der Waals surface area contributed by atoms with Crippen LogP contribution in [0.25, 0.3) is 0 Å². The molecule has 0 unspecified atom stereocenters. The minimum Gasteiger partial charge on any atom is -0.478 e. The van der Waals surface area contributed by atoms with E-state index in [2.05, 4.69) is 4.99 Å². The summed E-state index contributed by atoms with van der Waals surface area (Å²) in [5.41, 5.74) is 1.88. The Morgan fingerprint density at radius 2 is 2.55 bits per heavy atom. The third-order valence-corrected chi connectivity index (χ3v) is 1.49. The molecule has 0 radical (unpaired) electrons. The molecular formula is C8H9NO2. The molecule has 0 aliphatic carbocycles. The summed E-state index contributed by atoms with van der Waals surface area (Å²) in [5, 5.41) is 8.31. The van der Waals surface area contributed by atoms with Crippen molar-refractivity contribution in [2.75, 3.05) is 0 Å². The van der Waals surface area contributed by atoms with Crippen molar-refractivity contribution in [1.82, 2.24) is 0 Å².